The molecule has 150 valence electrons. The molecule has 0 saturated carbocycles. The number of hydrogen-bond acceptors (Lipinski definition) is 4. The molecule has 3 rings (SSSR count). The van der Waals surface area contributed by atoms with E-state index in [4.69, 9.17) is 16.3 Å². The van der Waals surface area contributed by atoms with Crippen LogP contribution in [-0.2, 0) is 4.79 Å². The van der Waals surface area contributed by atoms with Gasteiger partial charge in [-0.15, -0.1) is 0 Å². The quantitative estimate of drug-likeness (QED) is 0.166. The number of hydrazone groups is 1. The lowest BCUT2D eigenvalue weighted by atomic mass is 10.2. The van der Waals surface area contributed by atoms with E-state index in [0.29, 0.717) is 21.9 Å². The molecule has 0 saturated heterocycles. The third-order valence-electron chi connectivity index (χ3n) is 3.85. The van der Waals surface area contributed by atoms with Gasteiger partial charge in [0.05, 0.1) is 6.21 Å². The number of nitrogens with one attached hydrogen (secondary N) is 1. The van der Waals surface area contributed by atoms with Gasteiger partial charge in [0.1, 0.15) is 5.75 Å². The predicted octanol–water partition coefficient (Wildman–Crippen LogP) is 5.49. The largest absolute Gasteiger partial charge is 0.423 e. The van der Waals surface area contributed by atoms with Crippen molar-refractivity contribution in [1.82, 2.24) is 5.43 Å². The van der Waals surface area contributed by atoms with E-state index in [2.05, 4.69) is 26.5 Å². The van der Waals surface area contributed by atoms with Crippen LogP contribution in [0.2, 0.25) is 5.02 Å². The van der Waals surface area contributed by atoms with Gasteiger partial charge in [0.25, 0.3) is 5.91 Å². The van der Waals surface area contributed by atoms with E-state index in [1.54, 1.807) is 42.5 Å². The fraction of sp³-hybridized carbons (Fsp3) is 0. The zero-order chi connectivity index (χ0) is 21.3. The third-order valence-corrected chi connectivity index (χ3v) is 4.58. The molecule has 0 heterocycles. The molecule has 0 fully saturated rings. The summed E-state index contributed by atoms with van der Waals surface area (Å²) in [6.07, 6.45) is 4.41. The van der Waals surface area contributed by atoms with E-state index in [0.717, 1.165) is 10.0 Å². The van der Waals surface area contributed by atoms with E-state index >= 15 is 0 Å². The monoisotopic (exact) mass is 482 g/mol. The molecular weight excluding hydrogens is 468 g/mol. The van der Waals surface area contributed by atoms with E-state index < -0.39 is 11.9 Å². The van der Waals surface area contributed by atoms with Crippen LogP contribution < -0.4 is 10.2 Å². The third kappa shape index (κ3) is 6.40. The Morgan fingerprint density at radius 1 is 1.00 bits per heavy atom. The molecule has 3 aromatic carbocycles. The number of carbonyl (C=O) groups is 2. The van der Waals surface area contributed by atoms with Gasteiger partial charge in [-0.05, 0) is 48.0 Å². The minimum atomic E-state index is -0.529. The number of nitrogens with zero attached hydrogens (tertiary/aromatic N) is 1. The first kappa shape index (κ1) is 21.5. The normalized spacial score (nSPS) is 11.0. The maximum Gasteiger partial charge on any atom is 0.336 e. The molecule has 0 aliphatic carbocycles. The van der Waals surface area contributed by atoms with E-state index in [-0.39, 0.29) is 0 Å². The first-order valence-electron chi connectivity index (χ1n) is 8.85. The van der Waals surface area contributed by atoms with Crippen molar-refractivity contribution in [2.24, 2.45) is 5.10 Å². The molecule has 0 unspecified atom stereocenters. The van der Waals surface area contributed by atoms with Crippen LogP contribution in [0.15, 0.2) is 88.4 Å². The van der Waals surface area contributed by atoms with Gasteiger partial charge >= 0.3 is 5.97 Å². The average Bonchev–Trinajstić information content (AvgIpc) is 2.75. The summed E-state index contributed by atoms with van der Waals surface area (Å²) in [5.41, 5.74) is 4.20. The maximum atomic E-state index is 12.2. The second-order valence-electron chi connectivity index (χ2n) is 6.06. The lowest BCUT2D eigenvalue weighted by Crippen LogP contribution is -2.17. The van der Waals surface area contributed by atoms with Gasteiger partial charge in [-0.3, -0.25) is 4.79 Å². The Bertz CT molecular complexity index is 1110. The number of carbonyl (C=O) groups excluding carboxylic acids is 2. The minimum absolute atomic E-state index is 0.307. The maximum absolute atomic E-state index is 12.2. The Morgan fingerprint density at radius 3 is 2.57 bits per heavy atom. The number of amides is 1. The van der Waals surface area contributed by atoms with Crippen molar-refractivity contribution in [3.8, 4) is 5.75 Å². The van der Waals surface area contributed by atoms with Crippen LogP contribution in [-0.4, -0.2) is 18.1 Å². The summed E-state index contributed by atoms with van der Waals surface area (Å²) in [4.78, 5) is 24.3. The van der Waals surface area contributed by atoms with Gasteiger partial charge in [-0.2, -0.15) is 5.10 Å². The zero-order valence-electron chi connectivity index (χ0n) is 15.6. The van der Waals surface area contributed by atoms with Gasteiger partial charge in [-0.1, -0.05) is 63.9 Å². The number of hydrogen-bond donors (Lipinski definition) is 1. The van der Waals surface area contributed by atoms with Crippen molar-refractivity contribution < 1.29 is 14.3 Å². The Hall–Kier alpha value is -3.22. The number of rotatable bonds is 6. The number of halogens is 2. The molecule has 0 aliphatic rings. The first-order valence-corrected chi connectivity index (χ1v) is 10.0. The summed E-state index contributed by atoms with van der Waals surface area (Å²) < 4.78 is 6.18. The summed E-state index contributed by atoms with van der Waals surface area (Å²) in [5.74, 6) is -0.631. The predicted molar refractivity (Wildman–Crippen MR) is 122 cm³/mol. The van der Waals surface area contributed by atoms with Crippen LogP contribution in [0.3, 0.4) is 0 Å². The highest BCUT2D eigenvalue weighted by Gasteiger charge is 2.08. The Morgan fingerprint density at radius 2 is 1.80 bits per heavy atom. The fourth-order valence-electron chi connectivity index (χ4n) is 2.44. The molecule has 7 heteroatoms. The molecule has 1 N–H and O–H groups in total. The molecule has 1 amide bonds. The summed E-state index contributed by atoms with van der Waals surface area (Å²) >= 11 is 9.26. The number of ether oxygens (including phenoxy) is 1. The molecule has 30 heavy (non-hydrogen) atoms. The average molecular weight is 484 g/mol. The van der Waals surface area contributed by atoms with Crippen LogP contribution in [0, 0.1) is 0 Å². The van der Waals surface area contributed by atoms with Crippen molar-refractivity contribution >= 4 is 51.7 Å². The summed E-state index contributed by atoms with van der Waals surface area (Å²) in [6.45, 7) is 0. The van der Waals surface area contributed by atoms with E-state index in [1.165, 1.54) is 18.4 Å². The highest BCUT2D eigenvalue weighted by atomic mass is 79.9. The van der Waals surface area contributed by atoms with Gasteiger partial charge in [0.2, 0.25) is 0 Å². The minimum Gasteiger partial charge on any atom is -0.423 e. The molecule has 0 radical (unpaired) electrons. The Kier molecular flexibility index (Phi) is 7.54. The van der Waals surface area contributed by atoms with Crippen molar-refractivity contribution in [2.75, 3.05) is 0 Å². The topological polar surface area (TPSA) is 67.8 Å². The fourth-order valence-corrected chi connectivity index (χ4v) is 3.01. The van der Waals surface area contributed by atoms with Gasteiger partial charge < -0.3 is 4.74 Å². The lowest BCUT2D eigenvalue weighted by Gasteiger charge is -2.06. The number of benzene rings is 3. The molecule has 0 bridgehead atoms. The molecular formula is C23H16BrClN2O3. The molecule has 0 aromatic heterocycles. The van der Waals surface area contributed by atoms with Crippen LogP contribution in [0.4, 0.5) is 0 Å². The summed E-state index contributed by atoms with van der Waals surface area (Å²) in [5, 5.41) is 4.41. The molecule has 3 aromatic rings. The van der Waals surface area contributed by atoms with E-state index in [9.17, 15) is 9.59 Å². The Labute approximate surface area is 187 Å². The second-order valence-corrected chi connectivity index (χ2v) is 7.41. The molecule has 0 spiro atoms. The standard InChI is InChI=1S/C23H16BrClN2O3/c24-19-10-11-21(30-22(28)12-9-16-5-2-1-3-6-16)18(13-19)15-26-27-23(29)17-7-4-8-20(25)14-17/h1-15H,(H,27,29). The highest BCUT2D eigenvalue weighted by Crippen LogP contribution is 2.22. The molecule has 0 atom stereocenters. The van der Waals surface area contributed by atoms with Crippen molar-refractivity contribution in [1.29, 1.82) is 0 Å². The smallest absolute Gasteiger partial charge is 0.336 e. The SMILES string of the molecule is O=C(C=Cc1ccccc1)Oc1ccc(Br)cc1C=NNC(=O)c1cccc(Cl)c1. The Balaban J connectivity index is 1.68. The lowest BCUT2D eigenvalue weighted by molar-refractivity contribution is -0.128. The summed E-state index contributed by atoms with van der Waals surface area (Å²) in [6, 6.07) is 21.0. The van der Waals surface area contributed by atoms with Gasteiger partial charge in [0, 0.05) is 26.7 Å². The highest BCUT2D eigenvalue weighted by molar-refractivity contribution is 9.10. The second kappa shape index (κ2) is 10.5. The van der Waals surface area contributed by atoms with Crippen molar-refractivity contribution in [3.05, 3.63) is 105 Å². The van der Waals surface area contributed by atoms with Crippen LogP contribution in [0.25, 0.3) is 6.08 Å². The molecule has 5 nitrogen and oxygen atoms in total. The van der Waals surface area contributed by atoms with Crippen LogP contribution in [0.1, 0.15) is 21.5 Å². The zero-order valence-corrected chi connectivity index (χ0v) is 17.9. The molecule has 0 aliphatic heterocycles. The number of esters is 1. The first-order chi connectivity index (χ1) is 14.5. The van der Waals surface area contributed by atoms with Crippen molar-refractivity contribution in [2.45, 2.75) is 0 Å². The van der Waals surface area contributed by atoms with Crippen molar-refractivity contribution in [3.63, 3.8) is 0 Å². The van der Waals surface area contributed by atoms with Gasteiger partial charge in [-0.25, -0.2) is 10.2 Å². The van der Waals surface area contributed by atoms with Crippen LogP contribution in [0.5, 0.6) is 5.75 Å². The van der Waals surface area contributed by atoms with E-state index in [1.807, 2.05) is 30.3 Å². The van der Waals surface area contributed by atoms with Gasteiger partial charge in [0.15, 0.2) is 0 Å². The summed E-state index contributed by atoms with van der Waals surface area (Å²) in [7, 11) is 0. The van der Waals surface area contributed by atoms with Crippen LogP contribution >= 0.6 is 27.5 Å².